The van der Waals surface area contributed by atoms with Crippen molar-refractivity contribution in [3.63, 3.8) is 0 Å². The molecule has 0 aliphatic rings. The second-order valence-electron chi connectivity index (χ2n) is 2.41. The smallest absolute Gasteiger partial charge is 0.390 e. The SMILES string of the molecule is NCCCn1ccnc1[N+](=O)[O-].NOF. The maximum atomic E-state index is 10.3. The Morgan fingerprint density at radius 2 is 2.33 bits per heavy atom. The largest absolute Gasteiger partial charge is 0.434 e. The maximum Gasteiger partial charge on any atom is 0.434 e. The molecule has 1 aromatic rings. The van der Waals surface area contributed by atoms with Crippen LogP contribution in [0.25, 0.3) is 0 Å². The van der Waals surface area contributed by atoms with Gasteiger partial charge >= 0.3 is 5.95 Å². The molecule has 0 atom stereocenters. The zero-order valence-corrected chi connectivity index (χ0v) is 7.88. The van der Waals surface area contributed by atoms with Crippen molar-refractivity contribution >= 4 is 5.95 Å². The van der Waals surface area contributed by atoms with Gasteiger partial charge in [0.1, 0.15) is 12.4 Å². The molecule has 0 amide bonds. The van der Waals surface area contributed by atoms with Gasteiger partial charge in [0, 0.05) is 0 Å². The summed E-state index contributed by atoms with van der Waals surface area (Å²) >= 11 is 0. The average Bonchev–Trinajstić information content (AvgIpc) is 2.63. The van der Waals surface area contributed by atoms with Crippen molar-refractivity contribution in [2.75, 3.05) is 6.54 Å². The minimum Gasteiger partial charge on any atom is -0.390 e. The van der Waals surface area contributed by atoms with Crippen molar-refractivity contribution in [2.24, 2.45) is 11.6 Å². The zero-order chi connectivity index (χ0) is 11.7. The maximum absolute atomic E-state index is 10.3. The van der Waals surface area contributed by atoms with E-state index in [1.54, 1.807) is 6.20 Å². The first-order valence-corrected chi connectivity index (χ1v) is 4.00. The minimum absolute atomic E-state index is 0.122. The number of aryl methyl sites for hydroxylation is 1. The highest BCUT2D eigenvalue weighted by Gasteiger charge is 2.12. The van der Waals surface area contributed by atoms with Gasteiger partial charge in [0.2, 0.25) is 0 Å². The summed E-state index contributed by atoms with van der Waals surface area (Å²) in [6.45, 7) is 1.07. The van der Waals surface area contributed by atoms with Crippen molar-refractivity contribution in [1.29, 1.82) is 0 Å². The van der Waals surface area contributed by atoms with Crippen LogP contribution in [-0.4, -0.2) is 21.0 Å². The number of hydrogen-bond acceptors (Lipinski definition) is 6. The highest BCUT2D eigenvalue weighted by Crippen LogP contribution is 2.07. The van der Waals surface area contributed by atoms with Crippen molar-refractivity contribution in [2.45, 2.75) is 13.0 Å². The third-order valence-electron chi connectivity index (χ3n) is 1.46. The Hall–Kier alpha value is -1.58. The van der Waals surface area contributed by atoms with E-state index >= 15 is 0 Å². The number of rotatable bonds is 4. The number of halogens is 1. The van der Waals surface area contributed by atoms with Crippen molar-refractivity contribution in [3.05, 3.63) is 22.5 Å². The van der Waals surface area contributed by atoms with Gasteiger partial charge in [0.15, 0.2) is 0 Å². The molecule has 0 unspecified atom stereocenters. The molecule has 0 aliphatic heterocycles. The first-order valence-electron chi connectivity index (χ1n) is 4.00. The normalized spacial score (nSPS) is 9.27. The average molecular weight is 221 g/mol. The van der Waals surface area contributed by atoms with Gasteiger partial charge in [-0.15, -0.1) is 5.04 Å². The van der Waals surface area contributed by atoms with Crippen LogP contribution < -0.4 is 11.6 Å². The van der Waals surface area contributed by atoms with Crippen LogP contribution in [0.3, 0.4) is 0 Å². The van der Waals surface area contributed by atoms with Crippen molar-refractivity contribution in [3.8, 4) is 0 Å². The van der Waals surface area contributed by atoms with E-state index in [0.717, 1.165) is 6.42 Å². The molecule has 1 heterocycles. The van der Waals surface area contributed by atoms with Gasteiger partial charge in [-0.25, -0.2) is 4.57 Å². The first-order chi connectivity index (χ1) is 7.17. The third kappa shape index (κ3) is 5.00. The third-order valence-corrected chi connectivity index (χ3v) is 1.46. The fraction of sp³-hybridized carbons (Fsp3) is 0.500. The number of hydrogen-bond donors (Lipinski definition) is 2. The lowest BCUT2D eigenvalue weighted by molar-refractivity contribution is -0.396. The van der Waals surface area contributed by atoms with E-state index in [2.05, 4.69) is 15.9 Å². The van der Waals surface area contributed by atoms with Gasteiger partial charge < -0.3 is 15.8 Å². The molecule has 0 saturated carbocycles. The molecule has 0 aromatic carbocycles. The topological polar surface area (TPSA) is 122 Å². The summed E-state index contributed by atoms with van der Waals surface area (Å²) in [5.74, 6) is 3.56. The monoisotopic (exact) mass is 221 g/mol. The number of aromatic nitrogens is 2. The second kappa shape index (κ2) is 7.79. The molecule has 8 nitrogen and oxygen atoms in total. The number of nitro groups is 1. The Kier molecular flexibility index (Phi) is 6.97. The highest BCUT2D eigenvalue weighted by molar-refractivity contribution is 5.06. The summed E-state index contributed by atoms with van der Waals surface area (Å²) < 4.78 is 11.0. The lowest BCUT2D eigenvalue weighted by atomic mass is 10.4. The number of imidazole rings is 1. The molecule has 1 rings (SSSR count). The summed E-state index contributed by atoms with van der Waals surface area (Å²) in [5.41, 5.74) is 5.27. The van der Waals surface area contributed by atoms with E-state index in [1.807, 2.05) is 0 Å². The molecule has 4 N–H and O–H groups in total. The Balaban J connectivity index is 0.000000583. The van der Waals surface area contributed by atoms with Gasteiger partial charge in [-0.3, -0.25) is 0 Å². The van der Waals surface area contributed by atoms with Crippen molar-refractivity contribution in [1.82, 2.24) is 9.55 Å². The van der Waals surface area contributed by atoms with E-state index in [4.69, 9.17) is 5.73 Å². The standard InChI is InChI=1S/C6H10N4O2.FH2NO/c7-2-1-4-9-5-3-8-6(9)10(11)12;1-3-2/h3,5H,1-2,4,7H2;2H2. The van der Waals surface area contributed by atoms with Gasteiger partial charge in [0.05, 0.1) is 6.54 Å². The summed E-state index contributed by atoms with van der Waals surface area (Å²) in [6, 6.07) is 0. The molecule has 0 saturated heterocycles. The van der Waals surface area contributed by atoms with Gasteiger partial charge in [-0.05, 0) is 22.4 Å². The fourth-order valence-corrected chi connectivity index (χ4v) is 0.909. The van der Waals surface area contributed by atoms with Crippen LogP contribution in [0.1, 0.15) is 6.42 Å². The quantitative estimate of drug-likeness (QED) is 0.540. The predicted molar refractivity (Wildman–Crippen MR) is 48.9 cm³/mol. The van der Waals surface area contributed by atoms with Crippen LogP contribution >= 0.6 is 0 Å². The minimum atomic E-state index is -0.503. The van der Waals surface area contributed by atoms with Crippen LogP contribution in [0.5, 0.6) is 0 Å². The highest BCUT2D eigenvalue weighted by atomic mass is 19.3. The van der Waals surface area contributed by atoms with Crippen LogP contribution in [0.4, 0.5) is 10.5 Å². The summed E-state index contributed by atoms with van der Waals surface area (Å²) in [5, 5.41) is 12.6. The molecule has 0 spiro atoms. The lowest BCUT2D eigenvalue weighted by Gasteiger charge is -1.98. The summed E-state index contributed by atoms with van der Waals surface area (Å²) in [7, 11) is 0. The molecule has 15 heavy (non-hydrogen) atoms. The van der Waals surface area contributed by atoms with E-state index < -0.39 is 4.92 Å². The molecule has 86 valence electrons. The Morgan fingerprint density at radius 3 is 2.80 bits per heavy atom. The molecule has 0 bridgehead atoms. The van der Waals surface area contributed by atoms with Gasteiger partial charge in [-0.2, -0.15) is 5.90 Å². The van der Waals surface area contributed by atoms with Crippen LogP contribution in [0.2, 0.25) is 0 Å². The summed E-state index contributed by atoms with van der Waals surface area (Å²) in [4.78, 5) is 13.4. The van der Waals surface area contributed by atoms with Gasteiger partial charge in [0.25, 0.3) is 0 Å². The second-order valence-corrected chi connectivity index (χ2v) is 2.41. The van der Waals surface area contributed by atoms with E-state index in [-0.39, 0.29) is 5.95 Å². The molecule has 1 aromatic heterocycles. The Morgan fingerprint density at radius 1 is 1.73 bits per heavy atom. The lowest BCUT2D eigenvalue weighted by Crippen LogP contribution is -2.07. The van der Waals surface area contributed by atoms with Crippen LogP contribution in [-0.2, 0) is 11.6 Å². The molecular formula is C6H12FN5O3. The first kappa shape index (κ1) is 13.4. The summed E-state index contributed by atoms with van der Waals surface area (Å²) in [6.07, 6.45) is 3.71. The van der Waals surface area contributed by atoms with E-state index in [9.17, 15) is 14.6 Å². The number of nitrogens with two attached hydrogens (primary N) is 2. The Labute approximate surface area is 84.6 Å². The van der Waals surface area contributed by atoms with E-state index in [1.165, 1.54) is 10.8 Å². The Bertz CT molecular complexity index is 292. The van der Waals surface area contributed by atoms with Crippen molar-refractivity contribution < 1.29 is 14.5 Å². The zero-order valence-electron chi connectivity index (χ0n) is 7.88. The van der Waals surface area contributed by atoms with Gasteiger partial charge in [-0.1, -0.05) is 4.98 Å². The van der Waals surface area contributed by atoms with E-state index in [0.29, 0.717) is 13.1 Å². The molecule has 9 heteroatoms. The van der Waals surface area contributed by atoms with Crippen LogP contribution in [0.15, 0.2) is 12.4 Å². The fourth-order valence-electron chi connectivity index (χ4n) is 0.909. The predicted octanol–water partition coefficient (Wildman–Crippen LogP) is -0.0987. The van der Waals surface area contributed by atoms with Crippen LogP contribution in [0, 0.1) is 10.1 Å². The molecule has 0 aliphatic carbocycles. The molecule has 0 radical (unpaired) electrons. The number of nitrogens with zero attached hydrogens (tertiary/aromatic N) is 3. The molecular weight excluding hydrogens is 209 g/mol. The molecule has 0 fully saturated rings.